The smallest absolute Gasteiger partial charge is 0.270 e. The molecule has 2 fully saturated rings. The molecule has 2 amide bonds. The maximum Gasteiger partial charge on any atom is 0.270 e. The number of carbonyl (C=O) groups excluding carboxylic acids is 2. The Labute approximate surface area is 147 Å². The van der Waals surface area contributed by atoms with Gasteiger partial charge in [0, 0.05) is 38.8 Å². The van der Waals surface area contributed by atoms with Gasteiger partial charge in [-0.3, -0.25) is 9.59 Å². The van der Waals surface area contributed by atoms with Crippen molar-refractivity contribution >= 4 is 11.8 Å². The number of piperidine rings is 1. The van der Waals surface area contributed by atoms with Gasteiger partial charge in [0.25, 0.3) is 5.91 Å². The first-order valence-electron chi connectivity index (χ1n) is 8.86. The van der Waals surface area contributed by atoms with E-state index >= 15 is 0 Å². The van der Waals surface area contributed by atoms with Crippen molar-refractivity contribution in [2.75, 3.05) is 19.6 Å². The van der Waals surface area contributed by atoms with Crippen LogP contribution in [-0.2, 0) is 11.8 Å². The molecule has 2 aromatic rings. The van der Waals surface area contributed by atoms with Crippen molar-refractivity contribution in [3.8, 4) is 0 Å². The summed E-state index contributed by atoms with van der Waals surface area (Å²) in [6.45, 7) is 1.94. The zero-order valence-corrected chi connectivity index (χ0v) is 14.4. The lowest BCUT2D eigenvalue weighted by Crippen LogP contribution is -2.48. The van der Waals surface area contributed by atoms with E-state index in [2.05, 4.69) is 17.4 Å². The Morgan fingerprint density at radius 2 is 1.84 bits per heavy atom. The number of aryl methyl sites for hydroxylation is 1. The van der Waals surface area contributed by atoms with Crippen molar-refractivity contribution in [1.29, 1.82) is 0 Å². The number of carbonyl (C=O) groups is 2. The van der Waals surface area contributed by atoms with E-state index in [4.69, 9.17) is 0 Å². The number of benzene rings is 1. The van der Waals surface area contributed by atoms with Gasteiger partial charge in [0.2, 0.25) is 5.91 Å². The third-order valence-corrected chi connectivity index (χ3v) is 5.89. The summed E-state index contributed by atoms with van der Waals surface area (Å²) in [5.74, 6) is 0.387. The topological polar surface area (TPSA) is 54.3 Å². The number of likely N-dealkylation sites (tertiary alicyclic amines) is 1. The van der Waals surface area contributed by atoms with Crippen LogP contribution in [0.25, 0.3) is 0 Å². The van der Waals surface area contributed by atoms with Crippen molar-refractivity contribution in [2.24, 2.45) is 12.5 Å². The van der Waals surface area contributed by atoms with Crippen LogP contribution in [0.15, 0.2) is 48.7 Å². The molecule has 2 saturated heterocycles. The second-order valence-electron chi connectivity index (χ2n) is 7.13. The summed E-state index contributed by atoms with van der Waals surface area (Å²) in [6.07, 6.45) is 3.32. The van der Waals surface area contributed by atoms with Crippen LogP contribution >= 0.6 is 0 Å². The van der Waals surface area contributed by atoms with E-state index in [-0.39, 0.29) is 23.1 Å². The van der Waals surface area contributed by atoms with Crippen LogP contribution in [0.5, 0.6) is 0 Å². The summed E-state index contributed by atoms with van der Waals surface area (Å²) >= 11 is 0. The summed E-state index contributed by atoms with van der Waals surface area (Å²) in [5.41, 5.74) is 1.53. The highest BCUT2D eigenvalue weighted by atomic mass is 16.2. The lowest BCUT2D eigenvalue weighted by Gasteiger charge is -2.41. The quantitative estimate of drug-likeness (QED) is 0.913. The SMILES string of the molecule is Cn1cccc1C(=O)N1CCC2(CC1)C(=O)NC[C@@H]2c1ccccc1. The zero-order valence-electron chi connectivity index (χ0n) is 14.4. The molecule has 1 spiro atoms. The fraction of sp³-hybridized carbons (Fsp3) is 0.400. The summed E-state index contributed by atoms with van der Waals surface area (Å²) in [5, 5.41) is 3.06. The molecule has 0 saturated carbocycles. The third-order valence-electron chi connectivity index (χ3n) is 5.89. The number of rotatable bonds is 2. The molecule has 5 nitrogen and oxygen atoms in total. The molecular weight excluding hydrogens is 314 g/mol. The van der Waals surface area contributed by atoms with E-state index in [1.165, 1.54) is 5.56 Å². The summed E-state index contributed by atoms with van der Waals surface area (Å²) in [4.78, 5) is 27.3. The Bertz CT molecular complexity index is 788. The summed E-state index contributed by atoms with van der Waals surface area (Å²) < 4.78 is 1.85. The lowest BCUT2D eigenvalue weighted by atomic mass is 9.68. The number of amides is 2. The van der Waals surface area contributed by atoms with Crippen LogP contribution in [0.3, 0.4) is 0 Å². The van der Waals surface area contributed by atoms with Gasteiger partial charge in [-0.2, -0.15) is 0 Å². The zero-order chi connectivity index (χ0) is 17.4. The first-order valence-corrected chi connectivity index (χ1v) is 8.86. The highest BCUT2D eigenvalue weighted by Crippen LogP contribution is 2.47. The third kappa shape index (κ3) is 2.54. The van der Waals surface area contributed by atoms with Crippen LogP contribution < -0.4 is 5.32 Å². The highest BCUT2D eigenvalue weighted by molar-refractivity contribution is 5.93. The van der Waals surface area contributed by atoms with Crippen molar-refractivity contribution in [3.63, 3.8) is 0 Å². The van der Waals surface area contributed by atoms with Gasteiger partial charge in [-0.25, -0.2) is 0 Å². The predicted molar refractivity (Wildman–Crippen MR) is 95.2 cm³/mol. The van der Waals surface area contributed by atoms with Crippen molar-refractivity contribution in [3.05, 3.63) is 59.9 Å². The maximum atomic E-state index is 12.7. The minimum atomic E-state index is -0.383. The predicted octanol–water partition coefficient (Wildman–Crippen LogP) is 2.16. The highest BCUT2D eigenvalue weighted by Gasteiger charge is 2.52. The molecule has 1 atom stereocenters. The largest absolute Gasteiger partial charge is 0.355 e. The van der Waals surface area contributed by atoms with E-state index in [9.17, 15) is 9.59 Å². The Morgan fingerprint density at radius 3 is 2.48 bits per heavy atom. The Balaban J connectivity index is 1.54. The standard InChI is InChI=1S/C20H23N3O2/c1-22-11-5-8-17(22)18(24)23-12-9-20(10-13-23)16(14-21-19(20)25)15-6-3-2-4-7-15/h2-8,11,16H,9-10,12-14H2,1H3,(H,21,25)/t16-/m1/s1. The normalized spacial score (nSPS) is 22.2. The van der Waals surface area contributed by atoms with Gasteiger partial charge >= 0.3 is 0 Å². The Hall–Kier alpha value is -2.56. The maximum absolute atomic E-state index is 12.7. The van der Waals surface area contributed by atoms with Crippen molar-refractivity contribution < 1.29 is 9.59 Å². The minimum absolute atomic E-state index is 0.0528. The second kappa shape index (κ2) is 6.06. The molecule has 1 aromatic carbocycles. The van der Waals surface area contributed by atoms with Crippen molar-refractivity contribution in [2.45, 2.75) is 18.8 Å². The molecule has 2 aliphatic rings. The average molecular weight is 337 g/mol. The fourth-order valence-corrected chi connectivity index (χ4v) is 4.38. The number of nitrogens with one attached hydrogen (secondary N) is 1. The average Bonchev–Trinajstić information content (AvgIpc) is 3.20. The van der Waals surface area contributed by atoms with E-state index in [1.54, 1.807) is 0 Å². The van der Waals surface area contributed by atoms with Crippen LogP contribution in [0.1, 0.15) is 34.8 Å². The van der Waals surface area contributed by atoms with Crippen LogP contribution in [-0.4, -0.2) is 40.9 Å². The molecule has 4 rings (SSSR count). The molecular formula is C20H23N3O2. The molecule has 1 aromatic heterocycles. The van der Waals surface area contributed by atoms with E-state index in [1.807, 2.05) is 53.0 Å². The fourth-order valence-electron chi connectivity index (χ4n) is 4.38. The van der Waals surface area contributed by atoms with Gasteiger partial charge in [0.15, 0.2) is 0 Å². The molecule has 3 heterocycles. The molecule has 0 aliphatic carbocycles. The van der Waals surface area contributed by atoms with Crippen LogP contribution in [0, 0.1) is 5.41 Å². The van der Waals surface area contributed by atoms with E-state index in [0.717, 1.165) is 0 Å². The monoisotopic (exact) mass is 337 g/mol. The van der Waals surface area contributed by atoms with Gasteiger partial charge in [0.1, 0.15) is 5.69 Å². The van der Waals surface area contributed by atoms with E-state index < -0.39 is 0 Å². The molecule has 1 N–H and O–H groups in total. The molecule has 25 heavy (non-hydrogen) atoms. The molecule has 0 radical (unpaired) electrons. The Kier molecular flexibility index (Phi) is 3.86. The number of nitrogens with zero attached hydrogens (tertiary/aromatic N) is 2. The van der Waals surface area contributed by atoms with Gasteiger partial charge < -0.3 is 14.8 Å². The van der Waals surface area contributed by atoms with Gasteiger partial charge in [-0.05, 0) is 30.5 Å². The first kappa shape index (κ1) is 15.9. The van der Waals surface area contributed by atoms with Crippen molar-refractivity contribution in [1.82, 2.24) is 14.8 Å². The summed E-state index contributed by atoms with van der Waals surface area (Å²) in [6, 6.07) is 14.0. The molecule has 5 heteroatoms. The van der Waals surface area contributed by atoms with Gasteiger partial charge in [0.05, 0.1) is 5.41 Å². The van der Waals surface area contributed by atoms with Gasteiger partial charge in [-0.1, -0.05) is 30.3 Å². The minimum Gasteiger partial charge on any atom is -0.355 e. The molecule has 2 aliphatic heterocycles. The molecule has 130 valence electrons. The Morgan fingerprint density at radius 1 is 1.12 bits per heavy atom. The number of hydrogen-bond donors (Lipinski definition) is 1. The first-order chi connectivity index (χ1) is 12.1. The second-order valence-corrected chi connectivity index (χ2v) is 7.13. The number of hydrogen-bond acceptors (Lipinski definition) is 2. The van der Waals surface area contributed by atoms with Crippen LogP contribution in [0.4, 0.5) is 0 Å². The van der Waals surface area contributed by atoms with Crippen LogP contribution in [0.2, 0.25) is 0 Å². The molecule has 0 bridgehead atoms. The summed E-state index contributed by atoms with van der Waals surface area (Å²) in [7, 11) is 1.88. The lowest BCUT2D eigenvalue weighted by molar-refractivity contribution is -0.130. The number of aromatic nitrogens is 1. The van der Waals surface area contributed by atoms with E-state index in [0.29, 0.717) is 38.2 Å². The van der Waals surface area contributed by atoms with Gasteiger partial charge in [-0.15, -0.1) is 0 Å². The molecule has 0 unspecified atom stereocenters.